The molecule has 0 amide bonds. The largest absolute Gasteiger partial charge is 0.376 e. The van der Waals surface area contributed by atoms with Gasteiger partial charge >= 0.3 is 0 Å². The molecule has 1 saturated heterocycles. The topological polar surface area (TPSA) is 18.5 Å². The van der Waals surface area contributed by atoms with E-state index < -0.39 is 17.2 Å². The Kier molecular flexibility index (Phi) is 5.84. The van der Waals surface area contributed by atoms with Gasteiger partial charge in [-0.1, -0.05) is 59.0 Å². The molecule has 1 aliphatic rings. The van der Waals surface area contributed by atoms with Crippen LogP contribution in [0.4, 0.5) is 8.78 Å². The van der Waals surface area contributed by atoms with E-state index in [2.05, 4.69) is 22.6 Å². The number of hydrogen-bond donors (Lipinski definition) is 0. The van der Waals surface area contributed by atoms with Crippen molar-refractivity contribution in [1.29, 1.82) is 0 Å². The second-order valence-electron chi connectivity index (χ2n) is 6.13. The minimum Gasteiger partial charge on any atom is -0.376 e. The normalized spacial score (nSPS) is 23.5. The van der Waals surface area contributed by atoms with Crippen molar-refractivity contribution < 1.29 is 18.3 Å². The zero-order valence-corrected chi connectivity index (χ0v) is 15.3. The highest BCUT2D eigenvalue weighted by atomic mass is 127. The molecule has 2 atom stereocenters. The molecule has 2 aromatic carbocycles. The van der Waals surface area contributed by atoms with Gasteiger partial charge in [-0.15, -0.1) is 0 Å². The first kappa shape index (κ1) is 17.8. The van der Waals surface area contributed by atoms with Crippen LogP contribution in [0.15, 0.2) is 48.5 Å². The summed E-state index contributed by atoms with van der Waals surface area (Å²) < 4.78 is 39.7. The van der Waals surface area contributed by atoms with E-state index in [9.17, 15) is 8.78 Å². The fourth-order valence-electron chi connectivity index (χ4n) is 3.10. The summed E-state index contributed by atoms with van der Waals surface area (Å²) in [4.78, 5) is 0. The average Bonchev–Trinajstić information content (AvgIpc) is 3.00. The van der Waals surface area contributed by atoms with Crippen LogP contribution in [0.1, 0.15) is 17.5 Å². The number of alkyl halides is 1. The third kappa shape index (κ3) is 3.95. The Hall–Kier alpha value is -1.05. The molecule has 128 valence electrons. The van der Waals surface area contributed by atoms with E-state index in [4.69, 9.17) is 9.47 Å². The standard InChI is InChI=1S/C19H19F2IO2/c20-16-6-7-17(18(21)8-16)19(13-22)9-15(12-24-19)11-23-10-14-4-2-1-3-5-14/h1-8,15H,9-13H2/t15-,19+/m0/s1. The zero-order chi connectivity index (χ0) is 17.0. The molecular weight excluding hydrogens is 425 g/mol. The van der Waals surface area contributed by atoms with Gasteiger partial charge in [-0.2, -0.15) is 0 Å². The lowest BCUT2D eigenvalue weighted by atomic mass is 9.89. The van der Waals surface area contributed by atoms with Crippen LogP contribution < -0.4 is 0 Å². The Labute approximate surface area is 154 Å². The van der Waals surface area contributed by atoms with E-state index in [1.54, 1.807) is 0 Å². The average molecular weight is 444 g/mol. The maximum atomic E-state index is 14.2. The quantitative estimate of drug-likeness (QED) is 0.469. The van der Waals surface area contributed by atoms with Gasteiger partial charge in [0.2, 0.25) is 0 Å². The third-order valence-corrected chi connectivity index (χ3v) is 5.55. The van der Waals surface area contributed by atoms with Crippen molar-refractivity contribution in [2.24, 2.45) is 5.92 Å². The Bertz CT molecular complexity index is 680. The predicted octanol–water partition coefficient (Wildman–Crippen LogP) is 4.85. The highest BCUT2D eigenvalue weighted by Gasteiger charge is 2.42. The smallest absolute Gasteiger partial charge is 0.132 e. The van der Waals surface area contributed by atoms with E-state index in [-0.39, 0.29) is 5.92 Å². The summed E-state index contributed by atoms with van der Waals surface area (Å²) in [6.07, 6.45) is 0.674. The molecule has 0 radical (unpaired) electrons. The van der Waals surface area contributed by atoms with Crippen LogP contribution in [0.5, 0.6) is 0 Å². The van der Waals surface area contributed by atoms with Crippen molar-refractivity contribution in [3.05, 3.63) is 71.3 Å². The van der Waals surface area contributed by atoms with Crippen molar-refractivity contribution >= 4 is 22.6 Å². The summed E-state index contributed by atoms with van der Waals surface area (Å²) in [5, 5.41) is 0. The van der Waals surface area contributed by atoms with Crippen LogP contribution in [-0.4, -0.2) is 17.6 Å². The van der Waals surface area contributed by atoms with Crippen LogP contribution in [-0.2, 0) is 21.7 Å². The van der Waals surface area contributed by atoms with E-state index in [1.807, 2.05) is 30.3 Å². The number of halogens is 3. The summed E-state index contributed by atoms with van der Waals surface area (Å²) in [5.41, 5.74) is 0.865. The maximum Gasteiger partial charge on any atom is 0.132 e. The van der Waals surface area contributed by atoms with Gasteiger partial charge in [-0.05, 0) is 18.1 Å². The molecule has 0 spiro atoms. The van der Waals surface area contributed by atoms with Crippen LogP contribution >= 0.6 is 22.6 Å². The van der Waals surface area contributed by atoms with E-state index in [0.29, 0.717) is 36.2 Å². The maximum absolute atomic E-state index is 14.2. The Morgan fingerprint density at radius 3 is 2.67 bits per heavy atom. The minimum atomic E-state index is -0.695. The first-order valence-corrected chi connectivity index (χ1v) is 9.43. The highest BCUT2D eigenvalue weighted by molar-refractivity contribution is 14.1. The van der Waals surface area contributed by atoms with Gasteiger partial charge in [0.05, 0.1) is 19.8 Å². The van der Waals surface area contributed by atoms with Gasteiger partial charge in [0.15, 0.2) is 0 Å². The fraction of sp³-hybridized carbons (Fsp3) is 0.368. The first-order chi connectivity index (χ1) is 11.6. The summed E-state index contributed by atoms with van der Waals surface area (Å²) in [6, 6.07) is 13.7. The van der Waals surface area contributed by atoms with Crippen LogP contribution in [0.25, 0.3) is 0 Å². The lowest BCUT2D eigenvalue weighted by molar-refractivity contribution is 0.0165. The lowest BCUT2D eigenvalue weighted by Gasteiger charge is -2.27. The van der Waals surface area contributed by atoms with E-state index >= 15 is 0 Å². The zero-order valence-electron chi connectivity index (χ0n) is 13.2. The van der Waals surface area contributed by atoms with Gasteiger partial charge < -0.3 is 9.47 Å². The molecule has 1 aliphatic heterocycles. The molecule has 24 heavy (non-hydrogen) atoms. The fourth-order valence-corrected chi connectivity index (χ4v) is 4.04. The molecular formula is C19H19F2IO2. The molecule has 0 aromatic heterocycles. The second-order valence-corrected chi connectivity index (χ2v) is 6.90. The molecule has 0 saturated carbocycles. The van der Waals surface area contributed by atoms with Crippen molar-refractivity contribution in [2.75, 3.05) is 17.6 Å². The van der Waals surface area contributed by atoms with Gasteiger partial charge in [0.25, 0.3) is 0 Å². The van der Waals surface area contributed by atoms with Crippen molar-refractivity contribution in [3.63, 3.8) is 0 Å². The van der Waals surface area contributed by atoms with E-state index in [1.165, 1.54) is 12.1 Å². The minimum absolute atomic E-state index is 0.202. The molecule has 1 heterocycles. The molecule has 3 rings (SSSR count). The Morgan fingerprint density at radius 1 is 1.17 bits per heavy atom. The molecule has 0 bridgehead atoms. The molecule has 5 heteroatoms. The summed E-state index contributed by atoms with van der Waals surface area (Å²) in [6.45, 7) is 1.64. The monoisotopic (exact) mass is 444 g/mol. The highest BCUT2D eigenvalue weighted by Crippen LogP contribution is 2.42. The number of rotatable bonds is 6. The number of ether oxygens (including phenoxy) is 2. The van der Waals surface area contributed by atoms with Gasteiger partial charge in [-0.25, -0.2) is 8.78 Å². The van der Waals surface area contributed by atoms with Gasteiger partial charge in [0, 0.05) is 22.0 Å². The molecule has 1 fully saturated rings. The lowest BCUT2D eigenvalue weighted by Crippen LogP contribution is -2.28. The van der Waals surface area contributed by atoms with Crippen LogP contribution in [0.3, 0.4) is 0 Å². The molecule has 2 nitrogen and oxygen atoms in total. The number of benzene rings is 2. The second kappa shape index (κ2) is 7.89. The predicted molar refractivity (Wildman–Crippen MR) is 97.1 cm³/mol. The molecule has 0 N–H and O–H groups in total. The van der Waals surface area contributed by atoms with Crippen molar-refractivity contribution in [1.82, 2.24) is 0 Å². The third-order valence-electron chi connectivity index (χ3n) is 4.32. The van der Waals surface area contributed by atoms with Crippen LogP contribution in [0.2, 0.25) is 0 Å². The van der Waals surface area contributed by atoms with Crippen LogP contribution in [0, 0.1) is 17.6 Å². The van der Waals surface area contributed by atoms with Gasteiger partial charge in [0.1, 0.15) is 17.2 Å². The summed E-state index contributed by atoms with van der Waals surface area (Å²) >= 11 is 2.20. The Morgan fingerprint density at radius 2 is 1.96 bits per heavy atom. The molecule has 2 aromatic rings. The van der Waals surface area contributed by atoms with Crippen molar-refractivity contribution in [2.45, 2.75) is 18.6 Å². The Balaban J connectivity index is 1.62. The summed E-state index contributed by atoms with van der Waals surface area (Å²) in [5.74, 6) is -0.911. The van der Waals surface area contributed by atoms with E-state index in [0.717, 1.165) is 11.6 Å². The first-order valence-electron chi connectivity index (χ1n) is 7.90. The SMILES string of the molecule is Fc1ccc([C@]2(CI)C[C@@H](COCc3ccccc3)CO2)c(F)c1. The van der Waals surface area contributed by atoms with Gasteiger partial charge in [-0.3, -0.25) is 0 Å². The molecule has 0 unspecified atom stereocenters. The number of hydrogen-bond acceptors (Lipinski definition) is 2. The van der Waals surface area contributed by atoms with Crippen molar-refractivity contribution in [3.8, 4) is 0 Å². The summed E-state index contributed by atoms with van der Waals surface area (Å²) in [7, 11) is 0. The molecule has 0 aliphatic carbocycles.